The first-order chi connectivity index (χ1) is 10.3. The Balaban J connectivity index is 2.25. The fourth-order valence-electron chi connectivity index (χ4n) is 2.40. The first-order valence-corrected chi connectivity index (χ1v) is 6.76. The fourth-order valence-corrected chi connectivity index (χ4v) is 2.40. The molecule has 0 aliphatic carbocycles. The quantitative estimate of drug-likeness (QED) is 0.531. The smallest absolute Gasteiger partial charge is 0.338 e. The Kier molecular flexibility index (Phi) is 3.56. The lowest BCUT2D eigenvalue weighted by atomic mass is 10.1. The van der Waals surface area contributed by atoms with Gasteiger partial charge in [0.1, 0.15) is 5.58 Å². The van der Waals surface area contributed by atoms with Gasteiger partial charge >= 0.3 is 5.63 Å². The van der Waals surface area contributed by atoms with Crippen molar-refractivity contribution >= 4 is 22.3 Å². The van der Waals surface area contributed by atoms with E-state index in [2.05, 4.69) is 6.58 Å². The molecule has 3 rings (SSSR count). The van der Waals surface area contributed by atoms with Crippen molar-refractivity contribution in [2.75, 3.05) is 11.4 Å². The minimum Gasteiger partial charge on any atom is -0.423 e. The molecule has 0 aliphatic heterocycles. The molecule has 104 valence electrons. The van der Waals surface area contributed by atoms with E-state index in [0.29, 0.717) is 12.1 Å². The van der Waals surface area contributed by atoms with Crippen molar-refractivity contribution in [2.45, 2.75) is 0 Å². The fraction of sp³-hybridized carbons (Fsp3) is 0.0556. The summed E-state index contributed by atoms with van der Waals surface area (Å²) in [6.07, 6.45) is 1.82. The van der Waals surface area contributed by atoms with Crippen molar-refractivity contribution < 1.29 is 4.42 Å². The van der Waals surface area contributed by atoms with Crippen LogP contribution in [0.2, 0.25) is 0 Å². The highest BCUT2D eigenvalue weighted by Gasteiger charge is 2.13. The molecule has 0 atom stereocenters. The molecule has 0 saturated carbocycles. The Morgan fingerprint density at radius 1 is 1.05 bits per heavy atom. The van der Waals surface area contributed by atoms with Crippen LogP contribution in [-0.4, -0.2) is 6.54 Å². The zero-order chi connectivity index (χ0) is 14.7. The van der Waals surface area contributed by atoms with Crippen LogP contribution in [0.1, 0.15) is 0 Å². The van der Waals surface area contributed by atoms with Gasteiger partial charge in [0, 0.05) is 23.7 Å². The summed E-state index contributed by atoms with van der Waals surface area (Å²) in [5.41, 5.74) is 2.07. The summed E-state index contributed by atoms with van der Waals surface area (Å²) in [7, 11) is 0. The molecule has 0 fully saturated rings. The lowest BCUT2D eigenvalue weighted by Crippen LogP contribution is -2.18. The number of hydrogen-bond acceptors (Lipinski definition) is 3. The van der Waals surface area contributed by atoms with Gasteiger partial charge in [0.2, 0.25) is 0 Å². The van der Waals surface area contributed by atoms with Crippen molar-refractivity contribution in [3.8, 4) is 0 Å². The van der Waals surface area contributed by atoms with Crippen molar-refractivity contribution in [3.63, 3.8) is 0 Å². The van der Waals surface area contributed by atoms with E-state index < -0.39 is 0 Å². The molecule has 0 aliphatic rings. The topological polar surface area (TPSA) is 33.5 Å². The molecule has 2 aromatic carbocycles. The molecule has 21 heavy (non-hydrogen) atoms. The summed E-state index contributed by atoms with van der Waals surface area (Å²) in [6.45, 7) is 4.42. The van der Waals surface area contributed by atoms with E-state index in [9.17, 15) is 4.79 Å². The molecule has 0 bridgehead atoms. The maximum Gasteiger partial charge on any atom is 0.338 e. The zero-order valence-corrected chi connectivity index (χ0v) is 11.5. The predicted octanol–water partition coefficient (Wildman–Crippen LogP) is 4.12. The Morgan fingerprint density at radius 2 is 1.76 bits per heavy atom. The summed E-state index contributed by atoms with van der Waals surface area (Å²) in [6, 6.07) is 19.0. The molecule has 0 N–H and O–H groups in total. The number of para-hydroxylation sites is 2. The van der Waals surface area contributed by atoms with Crippen LogP contribution in [0.25, 0.3) is 11.0 Å². The van der Waals surface area contributed by atoms with Crippen LogP contribution in [0.15, 0.2) is 82.5 Å². The Labute approximate surface area is 122 Å². The number of nitrogens with zero attached hydrogens (tertiary/aromatic N) is 1. The highest BCUT2D eigenvalue weighted by atomic mass is 16.4. The van der Waals surface area contributed by atoms with Gasteiger partial charge in [-0.25, -0.2) is 4.79 Å². The van der Waals surface area contributed by atoms with Crippen molar-refractivity contribution in [2.24, 2.45) is 0 Å². The van der Waals surface area contributed by atoms with Crippen LogP contribution in [0.5, 0.6) is 0 Å². The van der Waals surface area contributed by atoms with E-state index in [1.807, 2.05) is 59.5 Å². The number of anilines is 2. The SMILES string of the molecule is C=CCN(c1ccccc1)c1cc(=O)oc2ccccc12. The largest absolute Gasteiger partial charge is 0.423 e. The highest BCUT2D eigenvalue weighted by Crippen LogP contribution is 2.30. The molecule has 3 heteroatoms. The third-order valence-electron chi connectivity index (χ3n) is 3.30. The number of benzene rings is 2. The standard InChI is InChI=1S/C18H15NO2/c1-2-12-19(14-8-4-3-5-9-14)16-13-18(20)21-17-11-7-6-10-15(16)17/h2-11,13H,1,12H2. The lowest BCUT2D eigenvalue weighted by Gasteiger charge is -2.24. The second-order valence-electron chi connectivity index (χ2n) is 4.68. The zero-order valence-electron chi connectivity index (χ0n) is 11.5. The van der Waals surface area contributed by atoms with Crippen LogP contribution in [0, 0.1) is 0 Å². The maximum atomic E-state index is 11.8. The third kappa shape index (κ3) is 2.58. The van der Waals surface area contributed by atoms with Crippen molar-refractivity contribution in [3.05, 3.63) is 83.7 Å². The minimum absolute atomic E-state index is 0.353. The highest BCUT2D eigenvalue weighted by molar-refractivity contribution is 5.92. The van der Waals surface area contributed by atoms with Crippen LogP contribution < -0.4 is 10.5 Å². The van der Waals surface area contributed by atoms with Gasteiger partial charge in [-0.3, -0.25) is 0 Å². The molecule has 1 heterocycles. The van der Waals surface area contributed by atoms with Crippen LogP contribution in [-0.2, 0) is 0 Å². The molecule has 0 spiro atoms. The molecule has 0 saturated heterocycles. The lowest BCUT2D eigenvalue weighted by molar-refractivity contribution is 0.561. The summed E-state index contributed by atoms with van der Waals surface area (Å²) < 4.78 is 5.26. The van der Waals surface area contributed by atoms with Gasteiger partial charge in [-0.1, -0.05) is 36.4 Å². The molecular formula is C18H15NO2. The van der Waals surface area contributed by atoms with E-state index >= 15 is 0 Å². The summed E-state index contributed by atoms with van der Waals surface area (Å²) in [5.74, 6) is 0. The van der Waals surface area contributed by atoms with Crippen molar-refractivity contribution in [1.29, 1.82) is 0 Å². The van der Waals surface area contributed by atoms with Crippen LogP contribution in [0.4, 0.5) is 11.4 Å². The first kappa shape index (κ1) is 13.2. The van der Waals surface area contributed by atoms with Gasteiger partial charge in [-0.05, 0) is 24.3 Å². The Hall–Kier alpha value is -2.81. The van der Waals surface area contributed by atoms with Gasteiger partial charge < -0.3 is 9.32 Å². The minimum atomic E-state index is -0.353. The Morgan fingerprint density at radius 3 is 2.52 bits per heavy atom. The predicted molar refractivity (Wildman–Crippen MR) is 86.1 cm³/mol. The average molecular weight is 277 g/mol. The molecule has 0 amide bonds. The number of fused-ring (bicyclic) bond motifs is 1. The van der Waals surface area contributed by atoms with Gasteiger partial charge in [0.05, 0.1) is 5.69 Å². The Bertz CT molecular complexity index is 821. The van der Waals surface area contributed by atoms with Gasteiger partial charge in [0.15, 0.2) is 0 Å². The van der Waals surface area contributed by atoms with Gasteiger partial charge in [-0.15, -0.1) is 6.58 Å². The monoisotopic (exact) mass is 277 g/mol. The van der Waals surface area contributed by atoms with E-state index in [4.69, 9.17) is 4.42 Å². The molecule has 1 aromatic heterocycles. The molecule has 0 radical (unpaired) electrons. The van der Waals surface area contributed by atoms with Gasteiger partial charge in [0.25, 0.3) is 0 Å². The van der Waals surface area contributed by atoms with Crippen LogP contribution >= 0.6 is 0 Å². The van der Waals surface area contributed by atoms with Gasteiger partial charge in [-0.2, -0.15) is 0 Å². The molecule has 3 nitrogen and oxygen atoms in total. The second-order valence-corrected chi connectivity index (χ2v) is 4.68. The average Bonchev–Trinajstić information content (AvgIpc) is 2.52. The third-order valence-corrected chi connectivity index (χ3v) is 3.30. The van der Waals surface area contributed by atoms with E-state index in [0.717, 1.165) is 16.8 Å². The number of rotatable bonds is 4. The van der Waals surface area contributed by atoms with Crippen LogP contribution in [0.3, 0.4) is 0 Å². The normalized spacial score (nSPS) is 10.5. The first-order valence-electron chi connectivity index (χ1n) is 6.76. The van der Waals surface area contributed by atoms with E-state index in [-0.39, 0.29) is 5.63 Å². The summed E-state index contributed by atoms with van der Waals surface area (Å²) in [4.78, 5) is 13.9. The van der Waals surface area contributed by atoms with E-state index in [1.54, 1.807) is 6.07 Å². The molecule has 3 aromatic rings. The van der Waals surface area contributed by atoms with Crippen molar-refractivity contribution in [1.82, 2.24) is 0 Å². The second kappa shape index (κ2) is 5.67. The maximum absolute atomic E-state index is 11.8. The molecule has 0 unspecified atom stereocenters. The summed E-state index contributed by atoms with van der Waals surface area (Å²) in [5, 5.41) is 0.905. The van der Waals surface area contributed by atoms with E-state index in [1.165, 1.54) is 6.07 Å². The number of hydrogen-bond donors (Lipinski definition) is 0. The molecular weight excluding hydrogens is 262 g/mol. The summed E-state index contributed by atoms with van der Waals surface area (Å²) >= 11 is 0.